The first-order chi connectivity index (χ1) is 9.49. The summed E-state index contributed by atoms with van der Waals surface area (Å²) in [5.74, 6) is -0.440. The molecule has 0 heterocycles. The van der Waals surface area contributed by atoms with Gasteiger partial charge < -0.3 is 9.47 Å². The van der Waals surface area contributed by atoms with Crippen LogP contribution in [0.2, 0.25) is 0 Å². The average molecular weight is 278 g/mol. The highest BCUT2D eigenvalue weighted by molar-refractivity contribution is 5.78. The van der Waals surface area contributed by atoms with E-state index >= 15 is 0 Å². The van der Waals surface area contributed by atoms with Gasteiger partial charge in [-0.25, -0.2) is 0 Å². The molecule has 20 heavy (non-hydrogen) atoms. The predicted octanol–water partition coefficient (Wildman–Crippen LogP) is 3.59. The van der Waals surface area contributed by atoms with Gasteiger partial charge in [-0.2, -0.15) is 0 Å². The van der Waals surface area contributed by atoms with Crippen LogP contribution in [0.15, 0.2) is 24.3 Å². The van der Waals surface area contributed by atoms with Crippen LogP contribution in [0.5, 0.6) is 11.5 Å². The van der Waals surface area contributed by atoms with Crippen LogP contribution in [0.1, 0.15) is 40.5 Å². The highest BCUT2D eigenvalue weighted by atomic mass is 16.6. The van der Waals surface area contributed by atoms with E-state index in [4.69, 9.17) is 9.47 Å². The molecule has 0 aliphatic carbocycles. The Morgan fingerprint density at radius 3 is 1.55 bits per heavy atom. The Hall–Kier alpha value is -1.84. The molecular weight excluding hydrogens is 256 g/mol. The van der Waals surface area contributed by atoms with Gasteiger partial charge >= 0.3 is 11.9 Å². The lowest BCUT2D eigenvalue weighted by Crippen LogP contribution is -2.20. The normalized spacial score (nSPS) is 13.4. The van der Waals surface area contributed by atoms with Gasteiger partial charge in [0.15, 0.2) is 11.5 Å². The zero-order valence-corrected chi connectivity index (χ0v) is 12.5. The summed E-state index contributed by atoms with van der Waals surface area (Å²) in [4.78, 5) is 23.6. The number of ether oxygens (including phenoxy) is 2. The number of carbonyl (C=O) groups excluding carboxylic acids is 2. The summed E-state index contributed by atoms with van der Waals surface area (Å²) in [5, 5.41) is 0. The van der Waals surface area contributed by atoms with Crippen LogP contribution in [0.25, 0.3) is 0 Å². The van der Waals surface area contributed by atoms with Gasteiger partial charge in [0.1, 0.15) is 0 Å². The van der Waals surface area contributed by atoms with E-state index in [2.05, 4.69) is 0 Å². The third-order valence-corrected chi connectivity index (χ3v) is 3.30. The van der Waals surface area contributed by atoms with Crippen molar-refractivity contribution in [3.05, 3.63) is 24.3 Å². The van der Waals surface area contributed by atoms with Crippen molar-refractivity contribution in [2.75, 3.05) is 0 Å². The van der Waals surface area contributed by atoms with E-state index in [0.29, 0.717) is 12.8 Å². The molecule has 4 heteroatoms. The van der Waals surface area contributed by atoms with E-state index in [9.17, 15) is 9.59 Å². The van der Waals surface area contributed by atoms with Crippen molar-refractivity contribution in [2.45, 2.75) is 40.5 Å². The topological polar surface area (TPSA) is 52.6 Å². The van der Waals surface area contributed by atoms with Crippen LogP contribution < -0.4 is 9.47 Å². The third kappa shape index (κ3) is 4.37. The smallest absolute Gasteiger partial charge is 0.314 e. The van der Waals surface area contributed by atoms with Crippen molar-refractivity contribution in [1.82, 2.24) is 0 Å². The second kappa shape index (κ2) is 7.68. The first-order valence-corrected chi connectivity index (χ1v) is 7.01. The molecule has 0 aliphatic rings. The molecule has 0 fully saturated rings. The Balaban J connectivity index is 2.83. The van der Waals surface area contributed by atoms with Crippen molar-refractivity contribution in [3.8, 4) is 11.5 Å². The van der Waals surface area contributed by atoms with Gasteiger partial charge in [0.25, 0.3) is 0 Å². The summed E-state index contributed by atoms with van der Waals surface area (Å²) in [7, 11) is 0. The molecule has 0 saturated heterocycles. The van der Waals surface area contributed by atoms with Crippen molar-refractivity contribution in [3.63, 3.8) is 0 Å². The molecule has 2 atom stereocenters. The van der Waals surface area contributed by atoms with E-state index in [1.165, 1.54) is 0 Å². The first kappa shape index (κ1) is 16.2. The summed E-state index contributed by atoms with van der Waals surface area (Å²) in [6.07, 6.45) is 1.40. The molecule has 0 bridgehead atoms. The maximum Gasteiger partial charge on any atom is 0.314 e. The lowest BCUT2D eigenvalue weighted by atomic mass is 10.1. The Kier molecular flexibility index (Phi) is 6.22. The highest BCUT2D eigenvalue weighted by Crippen LogP contribution is 2.28. The molecule has 4 nitrogen and oxygen atoms in total. The van der Waals surface area contributed by atoms with Crippen molar-refractivity contribution in [2.24, 2.45) is 11.8 Å². The van der Waals surface area contributed by atoms with E-state index in [0.717, 1.165) is 0 Å². The fraction of sp³-hybridized carbons (Fsp3) is 0.500. The summed E-state index contributed by atoms with van der Waals surface area (Å²) >= 11 is 0. The number of hydrogen-bond acceptors (Lipinski definition) is 4. The number of para-hydroxylation sites is 2. The van der Waals surface area contributed by atoms with Crippen molar-refractivity contribution in [1.29, 1.82) is 0 Å². The van der Waals surface area contributed by atoms with Crippen LogP contribution in [-0.2, 0) is 9.59 Å². The molecule has 1 aromatic rings. The predicted molar refractivity (Wildman–Crippen MR) is 76.6 cm³/mol. The summed E-state index contributed by atoms with van der Waals surface area (Å²) in [6, 6.07) is 6.72. The summed E-state index contributed by atoms with van der Waals surface area (Å²) < 4.78 is 10.6. The molecule has 0 amide bonds. The molecule has 0 N–H and O–H groups in total. The zero-order chi connectivity index (χ0) is 15.1. The SMILES string of the molecule is CCC(C)C(=O)Oc1ccccc1OC(=O)C(C)CC. The second-order valence-electron chi connectivity index (χ2n) is 4.91. The quantitative estimate of drug-likeness (QED) is 0.589. The number of hydrogen-bond donors (Lipinski definition) is 0. The van der Waals surface area contributed by atoms with Gasteiger partial charge in [-0.3, -0.25) is 9.59 Å². The van der Waals surface area contributed by atoms with Gasteiger partial charge in [-0.1, -0.05) is 39.8 Å². The Morgan fingerprint density at radius 2 is 1.25 bits per heavy atom. The van der Waals surface area contributed by atoms with Crippen LogP contribution >= 0.6 is 0 Å². The molecular formula is C16H22O4. The van der Waals surface area contributed by atoms with Crippen LogP contribution in [-0.4, -0.2) is 11.9 Å². The van der Waals surface area contributed by atoms with Gasteiger partial charge in [-0.05, 0) is 25.0 Å². The van der Waals surface area contributed by atoms with E-state index in [-0.39, 0.29) is 35.3 Å². The number of carbonyl (C=O) groups is 2. The molecule has 2 unspecified atom stereocenters. The lowest BCUT2D eigenvalue weighted by molar-refractivity contribution is -0.141. The minimum Gasteiger partial charge on any atom is -0.422 e. The molecule has 0 radical (unpaired) electrons. The molecule has 0 aliphatic heterocycles. The molecule has 1 aromatic carbocycles. The lowest BCUT2D eigenvalue weighted by Gasteiger charge is -2.14. The van der Waals surface area contributed by atoms with E-state index in [1.54, 1.807) is 38.1 Å². The highest BCUT2D eigenvalue weighted by Gasteiger charge is 2.19. The number of esters is 2. The molecule has 110 valence electrons. The molecule has 0 saturated carbocycles. The standard InChI is InChI=1S/C16H22O4/c1-5-11(3)15(17)19-13-9-7-8-10-14(13)20-16(18)12(4)6-2/h7-12H,5-6H2,1-4H3. The third-order valence-electron chi connectivity index (χ3n) is 3.30. The van der Waals surface area contributed by atoms with E-state index in [1.807, 2.05) is 13.8 Å². The first-order valence-electron chi connectivity index (χ1n) is 7.01. The second-order valence-corrected chi connectivity index (χ2v) is 4.91. The van der Waals surface area contributed by atoms with E-state index < -0.39 is 0 Å². The summed E-state index contributed by atoms with van der Waals surface area (Å²) in [6.45, 7) is 7.44. The van der Waals surface area contributed by atoms with Crippen molar-refractivity contribution < 1.29 is 19.1 Å². The van der Waals surface area contributed by atoms with Gasteiger partial charge in [0, 0.05) is 0 Å². The summed E-state index contributed by atoms with van der Waals surface area (Å²) in [5.41, 5.74) is 0. The Labute approximate surface area is 120 Å². The fourth-order valence-corrected chi connectivity index (χ4v) is 1.37. The average Bonchev–Trinajstić information content (AvgIpc) is 2.47. The largest absolute Gasteiger partial charge is 0.422 e. The zero-order valence-electron chi connectivity index (χ0n) is 12.5. The van der Waals surface area contributed by atoms with Gasteiger partial charge in [0.05, 0.1) is 11.8 Å². The van der Waals surface area contributed by atoms with Gasteiger partial charge in [0.2, 0.25) is 0 Å². The Bertz CT molecular complexity index is 424. The monoisotopic (exact) mass is 278 g/mol. The van der Waals surface area contributed by atoms with Crippen molar-refractivity contribution >= 4 is 11.9 Å². The van der Waals surface area contributed by atoms with Crippen LogP contribution in [0.4, 0.5) is 0 Å². The Morgan fingerprint density at radius 1 is 0.900 bits per heavy atom. The minimum atomic E-state index is -0.320. The molecule has 0 aromatic heterocycles. The van der Waals surface area contributed by atoms with Crippen LogP contribution in [0, 0.1) is 11.8 Å². The minimum absolute atomic E-state index is 0.187. The van der Waals surface area contributed by atoms with Gasteiger partial charge in [-0.15, -0.1) is 0 Å². The van der Waals surface area contributed by atoms with Crippen LogP contribution in [0.3, 0.4) is 0 Å². The molecule has 1 rings (SSSR count). The number of rotatable bonds is 6. The fourth-order valence-electron chi connectivity index (χ4n) is 1.37. The molecule has 0 spiro atoms. The maximum absolute atomic E-state index is 11.8. The number of benzene rings is 1. The maximum atomic E-state index is 11.8.